The van der Waals surface area contributed by atoms with Crippen molar-refractivity contribution in [1.82, 2.24) is 10.7 Å². The average molecular weight is 406 g/mol. The third-order valence-electron chi connectivity index (χ3n) is 4.12. The molecule has 0 heterocycles. The molecule has 0 saturated carbocycles. The minimum absolute atomic E-state index is 0.437. The van der Waals surface area contributed by atoms with Gasteiger partial charge in [-0.3, -0.25) is 5.43 Å². The highest BCUT2D eigenvalue weighted by molar-refractivity contribution is 7.80. The maximum absolute atomic E-state index is 6.02. The van der Waals surface area contributed by atoms with Gasteiger partial charge in [0.05, 0.1) is 13.3 Å². The number of rotatable bonds is 8. The lowest BCUT2D eigenvalue weighted by Crippen LogP contribution is -2.31. The van der Waals surface area contributed by atoms with Gasteiger partial charge in [0.15, 0.2) is 16.6 Å². The maximum Gasteiger partial charge on any atom is 0.187 e. The number of nitrogens with zero attached hydrogens (tertiary/aromatic N) is 1. The predicted octanol–water partition coefficient (Wildman–Crippen LogP) is 4.27. The molecule has 3 aromatic carbocycles. The molecule has 0 aromatic heterocycles. The lowest BCUT2D eigenvalue weighted by Gasteiger charge is -2.13. The van der Waals surface area contributed by atoms with Crippen LogP contribution in [0.15, 0.2) is 84.0 Å². The van der Waals surface area contributed by atoms with Crippen molar-refractivity contribution < 1.29 is 9.47 Å². The van der Waals surface area contributed by atoms with E-state index in [9.17, 15) is 0 Å². The van der Waals surface area contributed by atoms with Crippen LogP contribution < -0.4 is 20.2 Å². The molecule has 0 radical (unpaired) electrons. The Bertz CT molecular complexity index is 947. The van der Waals surface area contributed by atoms with Gasteiger partial charge < -0.3 is 14.8 Å². The second kappa shape index (κ2) is 10.8. The first kappa shape index (κ1) is 20.4. The molecule has 3 aromatic rings. The van der Waals surface area contributed by atoms with Gasteiger partial charge in [0.25, 0.3) is 0 Å². The quantitative estimate of drug-likeness (QED) is 0.333. The topological polar surface area (TPSA) is 54.9 Å². The monoisotopic (exact) mass is 405 g/mol. The Morgan fingerprint density at radius 3 is 2.31 bits per heavy atom. The molecule has 0 aliphatic rings. The van der Waals surface area contributed by atoms with Gasteiger partial charge >= 0.3 is 0 Å². The number of hydrogen-bond acceptors (Lipinski definition) is 4. The minimum atomic E-state index is 0.437. The first-order valence-corrected chi connectivity index (χ1v) is 9.61. The molecular formula is C23H23N3O2S. The van der Waals surface area contributed by atoms with Crippen LogP contribution in [-0.4, -0.2) is 18.4 Å². The molecule has 0 unspecified atom stereocenters. The zero-order chi connectivity index (χ0) is 20.3. The van der Waals surface area contributed by atoms with Gasteiger partial charge in [-0.15, -0.1) is 0 Å². The summed E-state index contributed by atoms with van der Waals surface area (Å²) >= 11 is 5.27. The molecule has 0 fully saturated rings. The van der Waals surface area contributed by atoms with Crippen molar-refractivity contribution in [3.63, 3.8) is 0 Å². The molecule has 0 spiro atoms. The molecule has 0 saturated heterocycles. The fraction of sp³-hybridized carbons (Fsp3) is 0.130. The van der Waals surface area contributed by atoms with Crippen LogP contribution in [0.4, 0.5) is 0 Å². The number of hydrazone groups is 1. The lowest BCUT2D eigenvalue weighted by molar-refractivity contribution is 0.284. The first-order chi connectivity index (χ1) is 14.3. The van der Waals surface area contributed by atoms with Crippen LogP contribution in [0.3, 0.4) is 0 Å². The fourth-order valence-electron chi connectivity index (χ4n) is 2.66. The van der Waals surface area contributed by atoms with Crippen LogP contribution in [-0.2, 0) is 13.2 Å². The van der Waals surface area contributed by atoms with Crippen molar-refractivity contribution >= 4 is 23.5 Å². The Hall–Kier alpha value is -3.38. The normalized spacial score (nSPS) is 10.5. The highest BCUT2D eigenvalue weighted by Crippen LogP contribution is 2.30. The summed E-state index contributed by atoms with van der Waals surface area (Å²) in [6, 6.07) is 25.7. The molecule has 0 amide bonds. The molecule has 148 valence electrons. The van der Waals surface area contributed by atoms with E-state index in [0.29, 0.717) is 29.8 Å². The zero-order valence-corrected chi connectivity index (χ0v) is 17.0. The fourth-order valence-corrected chi connectivity index (χ4v) is 2.78. The second-order valence-corrected chi connectivity index (χ2v) is 6.60. The summed E-state index contributed by atoms with van der Waals surface area (Å²) in [5.74, 6) is 1.28. The van der Waals surface area contributed by atoms with E-state index < -0.39 is 0 Å². The molecule has 2 N–H and O–H groups in total. The summed E-state index contributed by atoms with van der Waals surface area (Å²) in [5, 5.41) is 7.79. The van der Waals surface area contributed by atoms with Gasteiger partial charge in [-0.05, 0) is 35.5 Å². The Morgan fingerprint density at radius 1 is 0.931 bits per heavy atom. The second-order valence-electron chi connectivity index (χ2n) is 6.19. The molecule has 0 aliphatic carbocycles. The van der Waals surface area contributed by atoms with E-state index in [-0.39, 0.29) is 0 Å². The molecule has 3 rings (SSSR count). The predicted molar refractivity (Wildman–Crippen MR) is 120 cm³/mol. The summed E-state index contributed by atoms with van der Waals surface area (Å²) in [6.07, 6.45) is 1.67. The summed E-state index contributed by atoms with van der Waals surface area (Å²) in [4.78, 5) is 0. The number of methoxy groups -OCH3 is 1. The minimum Gasteiger partial charge on any atom is -0.493 e. The molecule has 29 heavy (non-hydrogen) atoms. The highest BCUT2D eigenvalue weighted by atomic mass is 32.1. The van der Waals surface area contributed by atoms with Crippen LogP contribution in [0, 0.1) is 0 Å². The van der Waals surface area contributed by atoms with Crippen molar-refractivity contribution in [2.24, 2.45) is 5.10 Å². The van der Waals surface area contributed by atoms with E-state index in [1.165, 1.54) is 0 Å². The van der Waals surface area contributed by atoms with Crippen LogP contribution in [0.5, 0.6) is 11.5 Å². The summed E-state index contributed by atoms with van der Waals surface area (Å²) in [5.41, 5.74) is 5.84. The van der Waals surface area contributed by atoms with Crippen LogP contribution in [0.1, 0.15) is 16.7 Å². The summed E-state index contributed by atoms with van der Waals surface area (Å²) in [7, 11) is 1.62. The van der Waals surface area contributed by atoms with Gasteiger partial charge in [-0.1, -0.05) is 66.7 Å². The number of benzene rings is 3. The van der Waals surface area contributed by atoms with E-state index in [1.54, 1.807) is 13.3 Å². The number of nitrogens with one attached hydrogen (secondary N) is 2. The molecular weight excluding hydrogens is 382 g/mol. The van der Waals surface area contributed by atoms with Gasteiger partial charge in [0.1, 0.15) is 6.61 Å². The smallest absolute Gasteiger partial charge is 0.187 e. The molecule has 5 nitrogen and oxygen atoms in total. The van der Waals surface area contributed by atoms with Crippen LogP contribution in [0.25, 0.3) is 0 Å². The number of ether oxygens (including phenoxy) is 2. The largest absolute Gasteiger partial charge is 0.493 e. The molecule has 0 aliphatic heterocycles. The van der Waals surface area contributed by atoms with Gasteiger partial charge in [-0.2, -0.15) is 5.10 Å². The van der Waals surface area contributed by atoms with E-state index in [1.807, 2.05) is 78.9 Å². The number of para-hydroxylation sites is 1. The third kappa shape index (κ3) is 6.33. The molecule has 6 heteroatoms. The van der Waals surface area contributed by atoms with Gasteiger partial charge in [0.2, 0.25) is 0 Å². The number of thiocarbonyl (C=S) groups is 1. The Kier molecular flexibility index (Phi) is 7.60. The summed E-state index contributed by atoms with van der Waals surface area (Å²) in [6.45, 7) is 1.07. The Balaban J connectivity index is 1.61. The van der Waals surface area contributed by atoms with Crippen molar-refractivity contribution in [1.29, 1.82) is 0 Å². The Morgan fingerprint density at radius 2 is 1.62 bits per heavy atom. The third-order valence-corrected chi connectivity index (χ3v) is 4.36. The van der Waals surface area contributed by atoms with Crippen molar-refractivity contribution in [2.75, 3.05) is 7.11 Å². The zero-order valence-electron chi connectivity index (χ0n) is 16.2. The SMILES string of the molecule is COc1cccc(/C=N\NC(=S)NCc2ccccc2)c1OCc1ccccc1. The van der Waals surface area contributed by atoms with E-state index in [0.717, 1.165) is 16.7 Å². The first-order valence-electron chi connectivity index (χ1n) is 9.21. The lowest BCUT2D eigenvalue weighted by atomic mass is 10.2. The van der Waals surface area contributed by atoms with Crippen molar-refractivity contribution in [3.8, 4) is 11.5 Å². The van der Waals surface area contributed by atoms with E-state index >= 15 is 0 Å². The van der Waals surface area contributed by atoms with E-state index in [4.69, 9.17) is 21.7 Å². The standard InChI is InChI=1S/C23H23N3O2S/c1-27-21-14-8-13-20(22(21)28-17-19-11-6-3-7-12-19)16-25-26-23(29)24-15-18-9-4-2-5-10-18/h2-14,16H,15,17H2,1H3,(H2,24,26,29)/b25-16-. The van der Waals surface area contributed by atoms with Gasteiger partial charge in [-0.25, -0.2) is 0 Å². The Labute approximate surface area is 176 Å². The average Bonchev–Trinajstić information content (AvgIpc) is 2.78. The molecule has 0 bridgehead atoms. The molecule has 0 atom stereocenters. The number of hydrogen-bond donors (Lipinski definition) is 2. The van der Waals surface area contributed by atoms with Gasteiger partial charge in [0, 0.05) is 12.1 Å². The van der Waals surface area contributed by atoms with Crippen LogP contribution >= 0.6 is 12.2 Å². The van der Waals surface area contributed by atoms with Crippen molar-refractivity contribution in [3.05, 3.63) is 95.6 Å². The highest BCUT2D eigenvalue weighted by Gasteiger charge is 2.09. The maximum atomic E-state index is 6.02. The van der Waals surface area contributed by atoms with E-state index in [2.05, 4.69) is 15.8 Å². The van der Waals surface area contributed by atoms with Crippen molar-refractivity contribution in [2.45, 2.75) is 13.2 Å². The summed E-state index contributed by atoms with van der Waals surface area (Å²) < 4.78 is 11.5. The van der Waals surface area contributed by atoms with Crippen LogP contribution in [0.2, 0.25) is 0 Å².